The predicted molar refractivity (Wildman–Crippen MR) is 75.0 cm³/mol. The number of ether oxygens (including phenoxy) is 2. The number of rotatable bonds is 5. The van der Waals surface area contributed by atoms with Crippen molar-refractivity contribution in [1.29, 1.82) is 0 Å². The fraction of sp³-hybridized carbons (Fsp3) is 0.200. The standard InChI is InChI=1S/C15H16N2O3/c1-19-13-7-3-6-12(14(13)20-2)15(18)17-10-11-5-4-8-16-9-11/h3-9H,10H2,1-2H3,(H,17,18). The Balaban J connectivity index is 2.13. The van der Waals surface area contributed by atoms with Crippen LogP contribution in [0.5, 0.6) is 11.5 Å². The van der Waals surface area contributed by atoms with Crippen molar-refractivity contribution in [2.24, 2.45) is 0 Å². The molecular formula is C15H16N2O3. The third-order valence-electron chi connectivity index (χ3n) is 2.82. The lowest BCUT2D eigenvalue weighted by molar-refractivity contribution is 0.0947. The normalized spacial score (nSPS) is 9.90. The number of nitrogens with one attached hydrogen (secondary N) is 1. The molecule has 5 nitrogen and oxygen atoms in total. The van der Waals surface area contributed by atoms with Crippen molar-refractivity contribution in [3.8, 4) is 11.5 Å². The Morgan fingerprint density at radius 3 is 2.70 bits per heavy atom. The third kappa shape index (κ3) is 3.06. The average molecular weight is 272 g/mol. The zero-order valence-corrected chi connectivity index (χ0v) is 11.4. The van der Waals surface area contributed by atoms with Crippen molar-refractivity contribution >= 4 is 5.91 Å². The minimum absolute atomic E-state index is 0.218. The first kappa shape index (κ1) is 13.9. The highest BCUT2D eigenvalue weighted by atomic mass is 16.5. The Labute approximate surface area is 117 Å². The molecule has 0 aliphatic rings. The van der Waals surface area contributed by atoms with Crippen LogP contribution in [0, 0.1) is 0 Å². The smallest absolute Gasteiger partial charge is 0.255 e. The van der Waals surface area contributed by atoms with E-state index in [-0.39, 0.29) is 5.91 Å². The number of aromatic nitrogens is 1. The maximum absolute atomic E-state index is 12.2. The molecule has 0 bridgehead atoms. The van der Waals surface area contributed by atoms with Gasteiger partial charge in [0.2, 0.25) is 0 Å². The van der Waals surface area contributed by atoms with E-state index in [4.69, 9.17) is 9.47 Å². The molecule has 0 saturated carbocycles. The predicted octanol–water partition coefficient (Wildman–Crippen LogP) is 2.03. The minimum atomic E-state index is -0.218. The van der Waals surface area contributed by atoms with E-state index >= 15 is 0 Å². The highest BCUT2D eigenvalue weighted by Crippen LogP contribution is 2.30. The van der Waals surface area contributed by atoms with Gasteiger partial charge < -0.3 is 14.8 Å². The number of carbonyl (C=O) groups is 1. The fourth-order valence-electron chi connectivity index (χ4n) is 1.85. The average Bonchev–Trinajstić information content (AvgIpc) is 2.52. The van der Waals surface area contributed by atoms with Crippen molar-refractivity contribution in [2.45, 2.75) is 6.54 Å². The summed E-state index contributed by atoms with van der Waals surface area (Å²) in [6.45, 7) is 0.410. The van der Waals surface area contributed by atoms with Crippen LogP contribution in [-0.4, -0.2) is 25.1 Å². The summed E-state index contributed by atoms with van der Waals surface area (Å²) in [4.78, 5) is 16.2. The van der Waals surface area contributed by atoms with Crippen LogP contribution in [0.2, 0.25) is 0 Å². The third-order valence-corrected chi connectivity index (χ3v) is 2.82. The molecule has 0 aliphatic carbocycles. The Kier molecular flexibility index (Phi) is 4.55. The molecule has 0 fully saturated rings. The summed E-state index contributed by atoms with van der Waals surface area (Å²) >= 11 is 0. The zero-order valence-electron chi connectivity index (χ0n) is 11.4. The van der Waals surface area contributed by atoms with Crippen molar-refractivity contribution in [3.63, 3.8) is 0 Å². The fourth-order valence-corrected chi connectivity index (χ4v) is 1.85. The van der Waals surface area contributed by atoms with E-state index in [1.807, 2.05) is 12.1 Å². The van der Waals surface area contributed by atoms with E-state index in [2.05, 4.69) is 10.3 Å². The van der Waals surface area contributed by atoms with Gasteiger partial charge in [-0.2, -0.15) is 0 Å². The summed E-state index contributed by atoms with van der Waals surface area (Å²) in [5, 5.41) is 2.83. The van der Waals surface area contributed by atoms with E-state index in [0.717, 1.165) is 5.56 Å². The van der Waals surface area contributed by atoms with E-state index in [1.165, 1.54) is 14.2 Å². The Hall–Kier alpha value is -2.56. The van der Waals surface area contributed by atoms with Crippen LogP contribution in [0.1, 0.15) is 15.9 Å². The molecule has 104 valence electrons. The first-order chi connectivity index (χ1) is 9.76. The molecule has 1 aromatic carbocycles. The van der Waals surface area contributed by atoms with Crippen LogP contribution in [-0.2, 0) is 6.54 Å². The Bertz CT molecular complexity index is 585. The van der Waals surface area contributed by atoms with Gasteiger partial charge in [-0.1, -0.05) is 12.1 Å². The summed E-state index contributed by atoms with van der Waals surface area (Å²) in [7, 11) is 3.05. The van der Waals surface area contributed by atoms with Crippen LogP contribution in [0.4, 0.5) is 0 Å². The van der Waals surface area contributed by atoms with Crippen molar-refractivity contribution in [3.05, 3.63) is 53.9 Å². The molecule has 1 heterocycles. The second kappa shape index (κ2) is 6.56. The Morgan fingerprint density at radius 2 is 2.05 bits per heavy atom. The van der Waals surface area contributed by atoms with E-state index in [0.29, 0.717) is 23.6 Å². The lowest BCUT2D eigenvalue weighted by Crippen LogP contribution is -2.23. The van der Waals surface area contributed by atoms with Crippen LogP contribution >= 0.6 is 0 Å². The largest absolute Gasteiger partial charge is 0.493 e. The van der Waals surface area contributed by atoms with Crippen molar-refractivity contribution in [2.75, 3.05) is 14.2 Å². The molecule has 0 spiro atoms. The van der Waals surface area contributed by atoms with Gasteiger partial charge in [0, 0.05) is 18.9 Å². The van der Waals surface area contributed by atoms with Crippen LogP contribution in [0.25, 0.3) is 0 Å². The second-order valence-corrected chi connectivity index (χ2v) is 4.09. The summed E-state index contributed by atoms with van der Waals surface area (Å²) in [6, 6.07) is 8.92. The van der Waals surface area contributed by atoms with Crippen LogP contribution < -0.4 is 14.8 Å². The lowest BCUT2D eigenvalue weighted by atomic mass is 10.1. The van der Waals surface area contributed by atoms with E-state index < -0.39 is 0 Å². The van der Waals surface area contributed by atoms with Gasteiger partial charge >= 0.3 is 0 Å². The molecule has 1 N–H and O–H groups in total. The number of benzene rings is 1. The number of hydrogen-bond donors (Lipinski definition) is 1. The van der Waals surface area contributed by atoms with Gasteiger partial charge in [0.1, 0.15) is 0 Å². The van der Waals surface area contributed by atoms with Gasteiger partial charge in [-0.05, 0) is 23.8 Å². The molecule has 0 atom stereocenters. The summed E-state index contributed by atoms with van der Waals surface area (Å²) in [5.74, 6) is 0.741. The van der Waals surface area contributed by atoms with Gasteiger partial charge in [-0.25, -0.2) is 0 Å². The molecule has 0 radical (unpaired) electrons. The summed E-state index contributed by atoms with van der Waals surface area (Å²) in [6.07, 6.45) is 3.40. The summed E-state index contributed by atoms with van der Waals surface area (Å²) in [5.41, 5.74) is 1.37. The topological polar surface area (TPSA) is 60.5 Å². The van der Waals surface area contributed by atoms with E-state index in [9.17, 15) is 4.79 Å². The lowest BCUT2D eigenvalue weighted by Gasteiger charge is -2.12. The van der Waals surface area contributed by atoms with Crippen molar-refractivity contribution < 1.29 is 14.3 Å². The minimum Gasteiger partial charge on any atom is -0.493 e. The second-order valence-electron chi connectivity index (χ2n) is 4.09. The number of hydrogen-bond acceptors (Lipinski definition) is 4. The zero-order chi connectivity index (χ0) is 14.4. The van der Waals surface area contributed by atoms with E-state index in [1.54, 1.807) is 30.6 Å². The molecule has 5 heteroatoms. The van der Waals surface area contributed by atoms with Crippen molar-refractivity contribution in [1.82, 2.24) is 10.3 Å². The van der Waals surface area contributed by atoms with Gasteiger partial charge in [0.25, 0.3) is 5.91 Å². The molecule has 0 unspecified atom stereocenters. The number of carbonyl (C=O) groups excluding carboxylic acids is 1. The first-order valence-electron chi connectivity index (χ1n) is 6.14. The molecule has 1 amide bonds. The van der Waals surface area contributed by atoms with Gasteiger partial charge in [0.15, 0.2) is 11.5 Å². The number of pyridine rings is 1. The highest BCUT2D eigenvalue weighted by Gasteiger charge is 2.15. The highest BCUT2D eigenvalue weighted by molar-refractivity contribution is 5.97. The number of methoxy groups -OCH3 is 2. The first-order valence-corrected chi connectivity index (χ1v) is 6.14. The molecule has 0 aliphatic heterocycles. The number of amides is 1. The van der Waals surface area contributed by atoms with Gasteiger partial charge in [-0.15, -0.1) is 0 Å². The molecule has 1 aromatic heterocycles. The number of nitrogens with zero attached hydrogens (tertiary/aromatic N) is 1. The molecule has 2 aromatic rings. The molecular weight excluding hydrogens is 256 g/mol. The molecule has 0 saturated heterocycles. The molecule has 2 rings (SSSR count). The quantitative estimate of drug-likeness (QED) is 0.904. The monoisotopic (exact) mass is 272 g/mol. The van der Waals surface area contributed by atoms with Crippen LogP contribution in [0.15, 0.2) is 42.7 Å². The molecule has 20 heavy (non-hydrogen) atoms. The SMILES string of the molecule is COc1cccc(C(=O)NCc2cccnc2)c1OC. The Morgan fingerprint density at radius 1 is 1.20 bits per heavy atom. The maximum atomic E-state index is 12.2. The summed E-state index contributed by atoms with van der Waals surface area (Å²) < 4.78 is 10.4. The maximum Gasteiger partial charge on any atom is 0.255 e. The van der Waals surface area contributed by atoms with Gasteiger partial charge in [-0.3, -0.25) is 9.78 Å². The van der Waals surface area contributed by atoms with Gasteiger partial charge in [0.05, 0.1) is 19.8 Å². The number of para-hydroxylation sites is 1. The van der Waals surface area contributed by atoms with Crippen LogP contribution in [0.3, 0.4) is 0 Å².